The first-order valence-electron chi connectivity index (χ1n) is 2.54. The van der Waals surface area contributed by atoms with Gasteiger partial charge in [0.1, 0.15) is 0 Å². The molecule has 0 aliphatic carbocycles. The van der Waals surface area contributed by atoms with Crippen LogP contribution in [0.1, 0.15) is 0 Å². The minimum absolute atomic E-state index is 0.577. The van der Waals surface area contributed by atoms with Gasteiger partial charge in [-0.3, -0.25) is 0 Å². The molecule has 5 heteroatoms. The van der Waals surface area contributed by atoms with E-state index in [-0.39, 0.29) is 0 Å². The molecule has 0 spiro atoms. The first-order chi connectivity index (χ1) is 4.84. The molecule has 10 heavy (non-hydrogen) atoms. The molecule has 0 saturated carbocycles. The Morgan fingerprint density at radius 3 is 3.10 bits per heavy atom. The molecule has 1 rings (SSSR count). The summed E-state index contributed by atoms with van der Waals surface area (Å²) in [6.07, 6.45) is 0. The van der Waals surface area contributed by atoms with Crippen molar-refractivity contribution in [1.29, 1.82) is 0 Å². The van der Waals surface area contributed by atoms with Gasteiger partial charge in [-0.1, -0.05) is 11.3 Å². The molecule has 0 aliphatic rings. The smallest absolute Gasteiger partial charge is 0.215 e. The summed E-state index contributed by atoms with van der Waals surface area (Å²) < 4.78 is 27.1. The van der Waals surface area contributed by atoms with Crippen LogP contribution in [-0.4, -0.2) is 6.86 Å². The normalized spacial score (nSPS) is 11.5. The molecule has 0 amide bonds. The molecular formula is C5H5FO2PS+. The molecule has 1 aromatic heterocycles. The quantitative estimate of drug-likeness (QED) is 0.664. The maximum atomic E-state index is 11.4. The molecule has 0 aromatic carbocycles. The summed E-state index contributed by atoms with van der Waals surface area (Å²) >= 11 is 1.30. The summed E-state index contributed by atoms with van der Waals surface area (Å²) in [5.74, 6) is 0. The third kappa shape index (κ3) is 1.84. The van der Waals surface area contributed by atoms with Crippen LogP contribution in [0.3, 0.4) is 0 Å². The van der Waals surface area contributed by atoms with Crippen molar-refractivity contribution in [1.82, 2.24) is 0 Å². The Labute approximate surface area is 62.5 Å². The van der Waals surface area contributed by atoms with Crippen molar-refractivity contribution in [2.24, 2.45) is 0 Å². The fourth-order valence-electron chi connectivity index (χ4n) is 0.482. The summed E-state index contributed by atoms with van der Waals surface area (Å²) in [7, 11) is -1.95. The fraction of sp³-hybridized carbons (Fsp3) is 0.200. The van der Waals surface area contributed by atoms with Crippen molar-refractivity contribution in [2.75, 3.05) is 6.86 Å². The van der Waals surface area contributed by atoms with Crippen molar-refractivity contribution in [3.05, 3.63) is 17.5 Å². The van der Waals surface area contributed by atoms with Crippen LogP contribution < -0.4 is 4.62 Å². The highest BCUT2D eigenvalue weighted by Crippen LogP contribution is 2.23. The summed E-state index contributed by atoms with van der Waals surface area (Å²) in [6, 6.07) is 3.40. The molecule has 2 nitrogen and oxygen atoms in total. The molecule has 0 bridgehead atoms. The fourth-order valence-corrected chi connectivity index (χ4v) is 2.04. The highest BCUT2D eigenvalue weighted by Gasteiger charge is 2.22. The minimum Gasteiger partial charge on any atom is -0.215 e. The van der Waals surface area contributed by atoms with Gasteiger partial charge >= 0.3 is 8.03 Å². The predicted octanol–water partition coefficient (Wildman–Crippen LogP) is 2.06. The maximum Gasteiger partial charge on any atom is 0.562 e. The largest absolute Gasteiger partial charge is 0.562 e. The Bertz CT molecular complexity index is 211. The Kier molecular flexibility index (Phi) is 2.93. The maximum absolute atomic E-state index is 11.4. The van der Waals surface area contributed by atoms with Gasteiger partial charge in [0.2, 0.25) is 6.86 Å². The van der Waals surface area contributed by atoms with Gasteiger partial charge < -0.3 is 0 Å². The highest BCUT2D eigenvalue weighted by molar-refractivity contribution is 7.57. The van der Waals surface area contributed by atoms with Gasteiger partial charge in [0.25, 0.3) is 4.62 Å². The Balaban J connectivity index is 2.59. The zero-order valence-corrected chi connectivity index (χ0v) is 6.70. The van der Waals surface area contributed by atoms with Crippen LogP contribution >= 0.6 is 19.4 Å². The van der Waals surface area contributed by atoms with Crippen LogP contribution in [0.2, 0.25) is 0 Å². The van der Waals surface area contributed by atoms with Gasteiger partial charge in [0.05, 0.1) is 0 Å². The standard InChI is InChI=1S/C5H5FO2PS/c6-4-8-9(7)5-2-1-3-10-5/h1-3H,4H2/q+1. The van der Waals surface area contributed by atoms with Crippen molar-refractivity contribution < 1.29 is 13.5 Å². The molecule has 1 heterocycles. The van der Waals surface area contributed by atoms with Crippen molar-refractivity contribution in [3.8, 4) is 0 Å². The second-order valence-electron chi connectivity index (χ2n) is 1.45. The molecule has 0 radical (unpaired) electrons. The Hall–Kier alpha value is -0.310. The molecule has 0 N–H and O–H groups in total. The monoisotopic (exact) mass is 179 g/mol. The summed E-state index contributed by atoms with van der Waals surface area (Å²) in [5, 5.41) is 1.77. The van der Waals surface area contributed by atoms with E-state index in [1.54, 1.807) is 17.5 Å². The average Bonchev–Trinajstić information content (AvgIpc) is 2.38. The van der Waals surface area contributed by atoms with Gasteiger partial charge in [0, 0.05) is 6.07 Å². The van der Waals surface area contributed by atoms with Crippen LogP contribution in [0.25, 0.3) is 0 Å². The van der Waals surface area contributed by atoms with E-state index in [2.05, 4.69) is 4.52 Å². The first-order valence-corrected chi connectivity index (χ1v) is 4.60. The van der Waals surface area contributed by atoms with Crippen LogP contribution in [0, 0.1) is 0 Å². The second kappa shape index (κ2) is 3.76. The number of rotatable bonds is 3. The first kappa shape index (κ1) is 7.79. The van der Waals surface area contributed by atoms with Gasteiger partial charge in [-0.2, -0.15) is 0 Å². The number of halogens is 1. The summed E-state index contributed by atoms with van der Waals surface area (Å²) in [6.45, 7) is -0.993. The van der Waals surface area contributed by atoms with Crippen LogP contribution in [0.15, 0.2) is 17.5 Å². The summed E-state index contributed by atoms with van der Waals surface area (Å²) in [4.78, 5) is 0. The Morgan fingerprint density at radius 2 is 2.60 bits per heavy atom. The zero-order valence-electron chi connectivity index (χ0n) is 4.99. The van der Waals surface area contributed by atoms with E-state index in [1.165, 1.54) is 11.3 Å². The molecule has 0 fully saturated rings. The van der Waals surface area contributed by atoms with E-state index < -0.39 is 14.9 Å². The molecule has 0 aliphatic heterocycles. The molecular weight excluding hydrogens is 174 g/mol. The highest BCUT2D eigenvalue weighted by atomic mass is 32.1. The van der Waals surface area contributed by atoms with Crippen molar-refractivity contribution in [2.45, 2.75) is 0 Å². The third-order valence-corrected chi connectivity index (χ3v) is 3.13. The lowest BCUT2D eigenvalue weighted by atomic mass is 10.7. The van der Waals surface area contributed by atoms with Gasteiger partial charge in [-0.05, 0) is 16.0 Å². The van der Waals surface area contributed by atoms with E-state index in [0.717, 1.165) is 0 Å². The van der Waals surface area contributed by atoms with Crippen molar-refractivity contribution in [3.63, 3.8) is 0 Å². The van der Waals surface area contributed by atoms with E-state index in [0.29, 0.717) is 4.62 Å². The Morgan fingerprint density at radius 1 is 1.80 bits per heavy atom. The van der Waals surface area contributed by atoms with Crippen LogP contribution in [0.5, 0.6) is 0 Å². The van der Waals surface area contributed by atoms with Crippen molar-refractivity contribution >= 4 is 24.0 Å². The molecule has 0 saturated heterocycles. The third-order valence-electron chi connectivity index (χ3n) is 0.852. The lowest BCUT2D eigenvalue weighted by Crippen LogP contribution is -1.88. The number of thiophene rings is 1. The van der Waals surface area contributed by atoms with E-state index in [9.17, 15) is 8.96 Å². The topological polar surface area (TPSA) is 26.3 Å². The minimum atomic E-state index is -1.95. The SMILES string of the molecule is O=[P+](OCF)c1cccs1. The molecule has 1 atom stereocenters. The lowest BCUT2D eigenvalue weighted by Gasteiger charge is -1.75. The molecule has 1 aromatic rings. The van der Waals surface area contributed by atoms with Crippen LogP contribution in [0.4, 0.5) is 4.39 Å². The second-order valence-corrected chi connectivity index (χ2v) is 3.95. The average molecular weight is 179 g/mol. The number of alkyl halides is 1. The molecule has 1 unspecified atom stereocenters. The van der Waals surface area contributed by atoms with E-state index >= 15 is 0 Å². The van der Waals surface area contributed by atoms with Crippen LogP contribution in [-0.2, 0) is 9.09 Å². The van der Waals surface area contributed by atoms with Gasteiger partial charge in [-0.15, -0.1) is 4.52 Å². The lowest BCUT2D eigenvalue weighted by molar-refractivity contribution is 0.206. The zero-order chi connectivity index (χ0) is 7.40. The molecule has 54 valence electrons. The van der Waals surface area contributed by atoms with Gasteiger partial charge in [-0.25, -0.2) is 4.39 Å². The van der Waals surface area contributed by atoms with E-state index in [1.807, 2.05) is 0 Å². The number of hydrogen-bond acceptors (Lipinski definition) is 3. The predicted molar refractivity (Wildman–Crippen MR) is 38.6 cm³/mol. The van der Waals surface area contributed by atoms with Gasteiger partial charge in [0.15, 0.2) is 0 Å². The number of hydrogen-bond donors (Lipinski definition) is 0. The summed E-state index contributed by atoms with van der Waals surface area (Å²) in [5.41, 5.74) is 0. The van der Waals surface area contributed by atoms with E-state index in [4.69, 9.17) is 0 Å².